The van der Waals surface area contributed by atoms with Gasteiger partial charge in [0.05, 0.1) is 22.7 Å². The van der Waals surface area contributed by atoms with Gasteiger partial charge < -0.3 is 14.2 Å². The smallest absolute Gasteiger partial charge is 0.273 e. The summed E-state index contributed by atoms with van der Waals surface area (Å²) in [5.41, 5.74) is 2.43. The van der Waals surface area contributed by atoms with Crippen LogP contribution in [0.15, 0.2) is 87.9 Å². The first-order valence-corrected chi connectivity index (χ1v) is 14.3. The molecule has 0 radical (unpaired) electrons. The van der Waals surface area contributed by atoms with E-state index in [0.717, 1.165) is 39.7 Å². The van der Waals surface area contributed by atoms with Crippen molar-refractivity contribution in [2.75, 3.05) is 31.1 Å². The average Bonchev–Trinajstić information content (AvgIpc) is 3.73. The Kier molecular flexibility index (Phi) is 7.17. The van der Waals surface area contributed by atoms with Crippen LogP contribution >= 0.6 is 34.7 Å². The molecule has 0 unspecified atom stereocenters. The van der Waals surface area contributed by atoms with Gasteiger partial charge in [-0.15, -0.1) is 21.5 Å². The van der Waals surface area contributed by atoms with Gasteiger partial charge in [-0.1, -0.05) is 53.7 Å². The van der Waals surface area contributed by atoms with E-state index in [-0.39, 0.29) is 5.91 Å². The van der Waals surface area contributed by atoms with Gasteiger partial charge in [0.1, 0.15) is 10.7 Å². The van der Waals surface area contributed by atoms with E-state index in [1.807, 2.05) is 81.6 Å². The molecular weight excluding hydrogens is 540 g/mol. The number of piperazine rings is 1. The zero-order valence-electron chi connectivity index (χ0n) is 20.2. The van der Waals surface area contributed by atoms with E-state index in [9.17, 15) is 4.79 Å². The summed E-state index contributed by atoms with van der Waals surface area (Å²) in [7, 11) is 0. The average molecular weight is 563 g/mol. The first kappa shape index (κ1) is 24.7. The summed E-state index contributed by atoms with van der Waals surface area (Å²) >= 11 is 9.36. The largest absolute Gasteiger partial charge is 0.461 e. The van der Waals surface area contributed by atoms with Gasteiger partial charge in [-0.2, -0.15) is 0 Å². The maximum absolute atomic E-state index is 13.2. The first-order chi connectivity index (χ1) is 18.7. The predicted octanol–water partition coefficient (Wildman–Crippen LogP) is 5.89. The summed E-state index contributed by atoms with van der Waals surface area (Å²) in [5, 5.41) is 13.0. The number of thioether (sulfide) groups is 1. The van der Waals surface area contributed by atoms with Crippen molar-refractivity contribution in [3.63, 3.8) is 0 Å². The van der Waals surface area contributed by atoms with Crippen molar-refractivity contribution in [2.24, 2.45) is 0 Å². The van der Waals surface area contributed by atoms with E-state index in [2.05, 4.69) is 20.1 Å². The highest BCUT2D eigenvalue weighted by Gasteiger charge is 2.25. The molecule has 3 aromatic heterocycles. The Balaban J connectivity index is 1.12. The number of hydrogen-bond donors (Lipinski definition) is 0. The fraction of sp³-hybridized carbons (Fsp3) is 0.185. The van der Waals surface area contributed by atoms with Crippen LogP contribution in [0.25, 0.3) is 17.3 Å². The Bertz CT molecular complexity index is 1530. The SMILES string of the molecule is O=C(c1csc(CSc2nnc(-c3ccco3)n2-c2ccccc2)n1)N1CCN(c2ccccc2Cl)CC1. The van der Waals surface area contributed by atoms with Crippen LogP contribution in [-0.4, -0.2) is 56.7 Å². The van der Waals surface area contributed by atoms with E-state index >= 15 is 0 Å². The highest BCUT2D eigenvalue weighted by Crippen LogP contribution is 2.31. The zero-order valence-corrected chi connectivity index (χ0v) is 22.6. The van der Waals surface area contributed by atoms with Crippen molar-refractivity contribution >= 4 is 46.3 Å². The molecule has 5 aromatic rings. The number of halogens is 1. The molecule has 1 saturated heterocycles. The summed E-state index contributed by atoms with van der Waals surface area (Å²) in [6.45, 7) is 2.72. The van der Waals surface area contributed by atoms with Gasteiger partial charge in [-0.25, -0.2) is 4.98 Å². The number of benzene rings is 2. The number of carbonyl (C=O) groups is 1. The van der Waals surface area contributed by atoms with Gasteiger partial charge in [0, 0.05) is 37.2 Å². The molecule has 38 heavy (non-hydrogen) atoms. The molecular formula is C27H23ClN6O2S2. The van der Waals surface area contributed by atoms with Crippen LogP contribution in [0.5, 0.6) is 0 Å². The van der Waals surface area contributed by atoms with Crippen molar-refractivity contribution in [1.82, 2.24) is 24.6 Å². The van der Waals surface area contributed by atoms with Crippen molar-refractivity contribution in [3.8, 4) is 17.3 Å². The molecule has 192 valence electrons. The minimum Gasteiger partial charge on any atom is -0.461 e. The number of nitrogens with zero attached hydrogens (tertiary/aromatic N) is 6. The molecule has 0 atom stereocenters. The Morgan fingerprint density at radius 3 is 2.53 bits per heavy atom. The van der Waals surface area contributed by atoms with E-state index in [0.29, 0.717) is 36.1 Å². The summed E-state index contributed by atoms with van der Waals surface area (Å²) in [6.07, 6.45) is 1.62. The van der Waals surface area contributed by atoms with E-state index in [4.69, 9.17) is 16.0 Å². The third kappa shape index (κ3) is 5.07. The first-order valence-electron chi connectivity index (χ1n) is 12.1. The second-order valence-electron chi connectivity index (χ2n) is 8.60. The van der Waals surface area contributed by atoms with Crippen LogP contribution in [0.4, 0.5) is 5.69 Å². The number of hydrogen-bond acceptors (Lipinski definition) is 8. The molecule has 8 nitrogen and oxygen atoms in total. The highest BCUT2D eigenvalue weighted by atomic mass is 35.5. The summed E-state index contributed by atoms with van der Waals surface area (Å²) in [5.74, 6) is 1.81. The number of anilines is 1. The van der Waals surface area contributed by atoms with Crippen LogP contribution in [0.2, 0.25) is 5.02 Å². The fourth-order valence-electron chi connectivity index (χ4n) is 4.36. The minimum atomic E-state index is -0.0381. The molecule has 2 aromatic carbocycles. The molecule has 1 aliphatic heterocycles. The Hall–Kier alpha value is -3.60. The van der Waals surface area contributed by atoms with Crippen molar-refractivity contribution < 1.29 is 9.21 Å². The second-order valence-corrected chi connectivity index (χ2v) is 10.9. The van der Waals surface area contributed by atoms with Crippen LogP contribution in [0.3, 0.4) is 0 Å². The Labute approximate surface area is 232 Å². The van der Waals surface area contributed by atoms with Gasteiger partial charge in [0.25, 0.3) is 5.91 Å². The van der Waals surface area contributed by atoms with Crippen LogP contribution < -0.4 is 4.90 Å². The zero-order chi connectivity index (χ0) is 25.9. The Morgan fingerprint density at radius 1 is 0.974 bits per heavy atom. The van der Waals surface area contributed by atoms with Crippen LogP contribution in [0, 0.1) is 0 Å². The number of thiazole rings is 1. The van der Waals surface area contributed by atoms with E-state index in [1.54, 1.807) is 6.26 Å². The molecule has 0 spiro atoms. The van der Waals surface area contributed by atoms with Gasteiger partial charge in [0.15, 0.2) is 10.9 Å². The lowest BCUT2D eigenvalue weighted by Crippen LogP contribution is -2.49. The molecule has 0 N–H and O–H groups in total. The van der Waals surface area contributed by atoms with Crippen molar-refractivity contribution in [3.05, 3.63) is 94.1 Å². The van der Waals surface area contributed by atoms with Crippen molar-refractivity contribution in [2.45, 2.75) is 10.9 Å². The molecule has 1 fully saturated rings. The monoisotopic (exact) mass is 562 g/mol. The predicted molar refractivity (Wildman–Crippen MR) is 150 cm³/mol. The topological polar surface area (TPSA) is 80.3 Å². The standard InChI is InChI=1S/C27H23ClN6O2S2/c28-20-9-4-5-10-22(20)32-12-14-33(15-13-32)26(35)21-17-37-24(29-21)18-38-27-31-30-25(23-11-6-16-36-23)34(27)19-7-2-1-3-8-19/h1-11,16-17H,12-15,18H2. The normalized spacial score (nSPS) is 13.7. The van der Waals surface area contributed by atoms with E-state index < -0.39 is 0 Å². The minimum absolute atomic E-state index is 0.0381. The summed E-state index contributed by atoms with van der Waals surface area (Å²) in [6, 6.07) is 21.4. The highest BCUT2D eigenvalue weighted by molar-refractivity contribution is 7.98. The van der Waals surface area contributed by atoms with Gasteiger partial charge in [0.2, 0.25) is 5.82 Å². The fourth-order valence-corrected chi connectivity index (χ4v) is 6.35. The number of furan rings is 1. The molecule has 0 bridgehead atoms. The second kappa shape index (κ2) is 11.0. The maximum Gasteiger partial charge on any atom is 0.273 e. The maximum atomic E-state index is 13.2. The molecule has 0 saturated carbocycles. The molecule has 4 heterocycles. The van der Waals surface area contributed by atoms with Gasteiger partial charge in [-0.3, -0.25) is 9.36 Å². The van der Waals surface area contributed by atoms with Gasteiger partial charge in [-0.05, 0) is 36.4 Å². The molecule has 6 rings (SSSR count). The lowest BCUT2D eigenvalue weighted by atomic mass is 10.2. The molecule has 1 aliphatic rings. The lowest BCUT2D eigenvalue weighted by molar-refractivity contribution is 0.0741. The quantitative estimate of drug-likeness (QED) is 0.229. The molecule has 11 heteroatoms. The number of para-hydroxylation sites is 2. The summed E-state index contributed by atoms with van der Waals surface area (Å²) in [4.78, 5) is 21.9. The molecule has 0 aliphatic carbocycles. The number of amides is 1. The van der Waals surface area contributed by atoms with E-state index in [1.165, 1.54) is 23.1 Å². The number of aromatic nitrogens is 4. The molecule has 1 amide bonds. The van der Waals surface area contributed by atoms with Crippen molar-refractivity contribution in [1.29, 1.82) is 0 Å². The number of carbonyl (C=O) groups excluding carboxylic acids is 1. The van der Waals surface area contributed by atoms with Crippen LogP contribution in [-0.2, 0) is 5.75 Å². The summed E-state index contributed by atoms with van der Waals surface area (Å²) < 4.78 is 7.56. The third-order valence-corrected chi connectivity index (χ3v) is 8.54. The van der Waals surface area contributed by atoms with Crippen LogP contribution in [0.1, 0.15) is 15.5 Å². The third-order valence-electron chi connectivity index (χ3n) is 6.24. The lowest BCUT2D eigenvalue weighted by Gasteiger charge is -2.36. The number of rotatable bonds is 7. The Morgan fingerprint density at radius 2 is 1.76 bits per heavy atom. The van der Waals surface area contributed by atoms with Gasteiger partial charge >= 0.3 is 0 Å².